The first-order valence-corrected chi connectivity index (χ1v) is 3.55. The van der Waals surface area contributed by atoms with Gasteiger partial charge in [0.05, 0.1) is 7.11 Å². The van der Waals surface area contributed by atoms with Gasteiger partial charge in [0.1, 0.15) is 12.3 Å². The van der Waals surface area contributed by atoms with Gasteiger partial charge in [-0.3, -0.25) is 4.79 Å². The molecule has 0 fully saturated rings. The summed E-state index contributed by atoms with van der Waals surface area (Å²) in [7, 11) is 1.08. The molecule has 0 aliphatic rings. The second kappa shape index (κ2) is 4.76. The van der Waals surface area contributed by atoms with Gasteiger partial charge in [0.25, 0.3) is 0 Å². The summed E-state index contributed by atoms with van der Waals surface area (Å²) in [5.41, 5.74) is -1.95. The van der Waals surface area contributed by atoms with Gasteiger partial charge in [-0.1, -0.05) is 0 Å². The van der Waals surface area contributed by atoms with Gasteiger partial charge >= 0.3 is 5.97 Å². The Hall–Kier alpha value is -1.17. The van der Waals surface area contributed by atoms with Crippen LogP contribution in [0.25, 0.3) is 0 Å². The summed E-state index contributed by atoms with van der Waals surface area (Å²) in [5.74, 6) is -0.894. The molecule has 0 aliphatic carbocycles. The lowest BCUT2D eigenvalue weighted by Crippen LogP contribution is -2.55. The predicted octanol–water partition coefficient (Wildman–Crippen LogP) is -1.01. The Balaban J connectivity index is 4.58. The zero-order chi connectivity index (χ0) is 10.5. The molecule has 6 heteroatoms. The Labute approximate surface area is 74.9 Å². The third-order valence-corrected chi connectivity index (χ3v) is 1.56. The predicted molar refractivity (Wildman–Crippen MR) is 41.6 cm³/mol. The fraction of sp³-hybridized carbons (Fsp3) is 0.714. The van der Waals surface area contributed by atoms with Crippen molar-refractivity contribution in [1.82, 2.24) is 5.32 Å². The van der Waals surface area contributed by atoms with Crippen LogP contribution in [0.1, 0.15) is 6.92 Å². The number of halogens is 1. The van der Waals surface area contributed by atoms with Crippen LogP contribution in [-0.2, 0) is 14.3 Å². The summed E-state index contributed by atoms with van der Waals surface area (Å²) >= 11 is 0. The Morgan fingerprint density at radius 3 is 2.69 bits per heavy atom. The average molecular weight is 193 g/mol. The molecule has 76 valence electrons. The van der Waals surface area contributed by atoms with E-state index < -0.39 is 24.3 Å². The number of nitrogens with one attached hydrogen (secondary N) is 1. The molecule has 0 spiro atoms. The van der Waals surface area contributed by atoms with E-state index in [-0.39, 0.29) is 6.41 Å². The lowest BCUT2D eigenvalue weighted by atomic mass is 9.98. The Kier molecular flexibility index (Phi) is 4.33. The highest BCUT2D eigenvalue weighted by Crippen LogP contribution is 2.11. The molecular weight excluding hydrogens is 181 g/mol. The van der Waals surface area contributed by atoms with Gasteiger partial charge in [-0.2, -0.15) is 0 Å². The number of esters is 1. The van der Waals surface area contributed by atoms with Gasteiger partial charge in [-0.05, 0) is 6.92 Å². The average Bonchev–Trinajstić information content (AvgIpc) is 2.12. The van der Waals surface area contributed by atoms with E-state index in [0.29, 0.717) is 0 Å². The molecule has 0 heterocycles. The molecule has 1 amide bonds. The first-order valence-electron chi connectivity index (χ1n) is 3.55. The van der Waals surface area contributed by atoms with Gasteiger partial charge in [-0.25, -0.2) is 9.18 Å². The molecule has 2 atom stereocenters. The van der Waals surface area contributed by atoms with Crippen molar-refractivity contribution < 1.29 is 23.8 Å². The van der Waals surface area contributed by atoms with E-state index in [9.17, 15) is 19.1 Å². The summed E-state index contributed by atoms with van der Waals surface area (Å²) in [6.07, 6.45) is 0.200. The van der Waals surface area contributed by atoms with Crippen LogP contribution in [0.3, 0.4) is 0 Å². The molecule has 0 rings (SSSR count). The van der Waals surface area contributed by atoms with Crippen LogP contribution in [0.4, 0.5) is 4.39 Å². The highest BCUT2D eigenvalue weighted by molar-refractivity contribution is 5.79. The molecule has 0 radical (unpaired) electrons. The van der Waals surface area contributed by atoms with Gasteiger partial charge in [0.15, 0.2) is 6.04 Å². The standard InChI is InChI=1S/C7H12FNO4/c1-7(12,3-8)5(9-4-10)6(11)13-2/h4-5,12H,3H2,1-2H3,(H,9,10)/t5-,7-/m1/s1. The molecule has 0 aromatic carbocycles. The highest BCUT2D eigenvalue weighted by atomic mass is 19.1. The third-order valence-electron chi connectivity index (χ3n) is 1.56. The van der Waals surface area contributed by atoms with Gasteiger partial charge < -0.3 is 15.2 Å². The van der Waals surface area contributed by atoms with Crippen LogP contribution < -0.4 is 5.32 Å². The number of hydrogen-bond donors (Lipinski definition) is 2. The number of ether oxygens (including phenoxy) is 1. The summed E-state index contributed by atoms with van der Waals surface area (Å²) in [6.45, 7) is -0.0707. The number of carbonyl (C=O) groups is 2. The summed E-state index contributed by atoms with van der Waals surface area (Å²) < 4.78 is 16.5. The molecule has 0 aliphatic heterocycles. The Bertz CT molecular complexity index is 195. The van der Waals surface area contributed by atoms with E-state index in [4.69, 9.17) is 0 Å². The molecule has 0 aromatic heterocycles. The molecular formula is C7H12FNO4. The zero-order valence-corrected chi connectivity index (χ0v) is 7.41. The number of aliphatic hydroxyl groups is 1. The number of hydrogen-bond acceptors (Lipinski definition) is 4. The minimum absolute atomic E-state index is 0.200. The van der Waals surface area contributed by atoms with Gasteiger partial charge in [0, 0.05) is 0 Å². The minimum Gasteiger partial charge on any atom is -0.467 e. The van der Waals surface area contributed by atoms with Crippen molar-refractivity contribution in [3.8, 4) is 0 Å². The summed E-state index contributed by atoms with van der Waals surface area (Å²) in [5, 5.41) is 11.3. The van der Waals surface area contributed by atoms with Crippen molar-refractivity contribution in [2.24, 2.45) is 0 Å². The van der Waals surface area contributed by atoms with Crippen molar-refractivity contribution in [2.75, 3.05) is 13.8 Å². The van der Waals surface area contributed by atoms with Gasteiger partial charge in [0.2, 0.25) is 6.41 Å². The number of carbonyl (C=O) groups excluding carboxylic acids is 2. The maximum absolute atomic E-state index is 12.2. The molecule has 0 unspecified atom stereocenters. The van der Waals surface area contributed by atoms with E-state index in [0.717, 1.165) is 14.0 Å². The van der Waals surface area contributed by atoms with Crippen LogP contribution in [0, 0.1) is 0 Å². The number of methoxy groups -OCH3 is 1. The Morgan fingerprint density at radius 1 is 1.85 bits per heavy atom. The first kappa shape index (κ1) is 11.8. The lowest BCUT2D eigenvalue weighted by Gasteiger charge is -2.27. The number of rotatable bonds is 5. The second-order valence-electron chi connectivity index (χ2n) is 2.73. The summed E-state index contributed by atoms with van der Waals surface area (Å²) in [6, 6.07) is -1.39. The van der Waals surface area contributed by atoms with E-state index >= 15 is 0 Å². The van der Waals surface area contributed by atoms with Crippen LogP contribution in [-0.4, -0.2) is 42.9 Å². The fourth-order valence-corrected chi connectivity index (χ4v) is 0.765. The SMILES string of the molecule is COC(=O)[C@@H](NC=O)[C@](C)(O)CF. The largest absolute Gasteiger partial charge is 0.467 e. The topological polar surface area (TPSA) is 75.6 Å². The molecule has 2 N–H and O–H groups in total. The van der Waals surface area contributed by atoms with Crippen molar-refractivity contribution in [3.05, 3.63) is 0 Å². The maximum Gasteiger partial charge on any atom is 0.331 e. The molecule has 0 saturated carbocycles. The first-order chi connectivity index (χ1) is 5.99. The van der Waals surface area contributed by atoms with E-state index in [2.05, 4.69) is 4.74 Å². The van der Waals surface area contributed by atoms with Crippen LogP contribution in [0.15, 0.2) is 0 Å². The second-order valence-corrected chi connectivity index (χ2v) is 2.73. The molecule has 0 saturated heterocycles. The highest BCUT2D eigenvalue weighted by Gasteiger charge is 2.38. The normalized spacial score (nSPS) is 16.9. The molecule has 5 nitrogen and oxygen atoms in total. The lowest BCUT2D eigenvalue weighted by molar-refractivity contribution is -0.152. The molecule has 0 bridgehead atoms. The van der Waals surface area contributed by atoms with E-state index in [1.54, 1.807) is 0 Å². The van der Waals surface area contributed by atoms with Crippen molar-refractivity contribution in [2.45, 2.75) is 18.6 Å². The number of amides is 1. The zero-order valence-electron chi connectivity index (χ0n) is 7.41. The minimum atomic E-state index is -1.95. The van der Waals surface area contributed by atoms with Crippen molar-refractivity contribution in [1.29, 1.82) is 0 Å². The number of alkyl halides is 1. The Morgan fingerprint density at radius 2 is 2.38 bits per heavy atom. The quantitative estimate of drug-likeness (QED) is 0.433. The van der Waals surface area contributed by atoms with E-state index in [1.807, 2.05) is 5.32 Å². The van der Waals surface area contributed by atoms with Gasteiger partial charge in [-0.15, -0.1) is 0 Å². The van der Waals surface area contributed by atoms with E-state index in [1.165, 1.54) is 0 Å². The molecule has 0 aromatic rings. The van der Waals surface area contributed by atoms with Crippen molar-refractivity contribution in [3.63, 3.8) is 0 Å². The third kappa shape index (κ3) is 2.98. The molecule has 13 heavy (non-hydrogen) atoms. The maximum atomic E-state index is 12.2. The summed E-state index contributed by atoms with van der Waals surface area (Å²) in [4.78, 5) is 21.0. The smallest absolute Gasteiger partial charge is 0.331 e. The monoisotopic (exact) mass is 193 g/mol. The van der Waals surface area contributed by atoms with Crippen LogP contribution >= 0.6 is 0 Å². The fourth-order valence-electron chi connectivity index (χ4n) is 0.765. The van der Waals surface area contributed by atoms with Crippen molar-refractivity contribution >= 4 is 12.4 Å². The van der Waals surface area contributed by atoms with Crippen LogP contribution in [0.5, 0.6) is 0 Å². The van der Waals surface area contributed by atoms with Crippen LogP contribution in [0.2, 0.25) is 0 Å².